The second kappa shape index (κ2) is 3.02. The lowest BCUT2D eigenvalue weighted by Gasteiger charge is -1.97. The van der Waals surface area contributed by atoms with Crippen LogP contribution in [0, 0.1) is 11.3 Å². The van der Waals surface area contributed by atoms with Crippen molar-refractivity contribution in [1.29, 1.82) is 5.26 Å². The molecule has 0 bridgehead atoms. The third kappa shape index (κ3) is 1.68. The summed E-state index contributed by atoms with van der Waals surface area (Å²) in [5.74, 6) is 0.0684. The second-order valence-electron chi connectivity index (χ2n) is 2.08. The van der Waals surface area contributed by atoms with Crippen LogP contribution in [0.5, 0.6) is 5.75 Å². The van der Waals surface area contributed by atoms with Crippen LogP contribution in [0.3, 0.4) is 0 Å². The minimum Gasteiger partial charge on any atom is -0.508 e. The molecule has 0 fully saturated rings. The minimum atomic E-state index is -1.60. The van der Waals surface area contributed by atoms with E-state index in [4.69, 9.17) is 10.4 Å². The molecule has 1 unspecified atom stereocenters. The maximum atomic E-state index is 12.6. The van der Waals surface area contributed by atoms with Gasteiger partial charge in [0, 0.05) is 5.56 Å². The Balaban J connectivity index is 2.92. The van der Waals surface area contributed by atoms with Gasteiger partial charge < -0.3 is 5.11 Å². The van der Waals surface area contributed by atoms with E-state index in [1.807, 2.05) is 0 Å². The highest BCUT2D eigenvalue weighted by Gasteiger charge is 2.05. The van der Waals surface area contributed by atoms with Crippen LogP contribution in [0.15, 0.2) is 24.3 Å². The zero-order valence-electron chi connectivity index (χ0n) is 5.66. The van der Waals surface area contributed by atoms with Crippen molar-refractivity contribution in [2.75, 3.05) is 0 Å². The molecule has 0 aliphatic heterocycles. The standard InChI is InChI=1S/C8H6FNO/c9-8(5-10)6-1-3-7(11)4-2-6/h1-4,8,11H. The molecule has 1 aromatic rings. The van der Waals surface area contributed by atoms with Crippen molar-refractivity contribution in [1.82, 2.24) is 0 Å². The largest absolute Gasteiger partial charge is 0.508 e. The fourth-order valence-corrected chi connectivity index (χ4v) is 0.718. The fraction of sp³-hybridized carbons (Fsp3) is 0.125. The van der Waals surface area contributed by atoms with Crippen molar-refractivity contribution < 1.29 is 9.50 Å². The zero-order chi connectivity index (χ0) is 8.27. The molecule has 0 spiro atoms. The molecule has 1 N–H and O–H groups in total. The highest BCUT2D eigenvalue weighted by atomic mass is 19.1. The molecule has 0 amide bonds. The van der Waals surface area contributed by atoms with Crippen LogP contribution in [-0.2, 0) is 0 Å². The summed E-state index contributed by atoms with van der Waals surface area (Å²) in [6, 6.07) is 6.90. The molecule has 1 atom stereocenters. The molecule has 2 nitrogen and oxygen atoms in total. The summed E-state index contributed by atoms with van der Waals surface area (Å²) in [5, 5.41) is 17.0. The summed E-state index contributed by atoms with van der Waals surface area (Å²) in [6.07, 6.45) is -1.60. The molecule has 0 heterocycles. The first-order valence-electron chi connectivity index (χ1n) is 3.06. The van der Waals surface area contributed by atoms with E-state index in [1.165, 1.54) is 30.3 Å². The molecule has 0 aliphatic rings. The number of alkyl halides is 1. The Kier molecular flexibility index (Phi) is 2.07. The van der Waals surface area contributed by atoms with Gasteiger partial charge in [0.15, 0.2) is 0 Å². The van der Waals surface area contributed by atoms with Crippen molar-refractivity contribution in [3.8, 4) is 11.8 Å². The maximum Gasteiger partial charge on any atom is 0.211 e. The van der Waals surface area contributed by atoms with Gasteiger partial charge in [0.05, 0.1) is 0 Å². The molecule has 0 aliphatic carbocycles. The number of halogens is 1. The molecule has 0 saturated carbocycles. The van der Waals surface area contributed by atoms with Crippen LogP contribution in [0.25, 0.3) is 0 Å². The van der Waals surface area contributed by atoms with E-state index in [2.05, 4.69) is 0 Å². The average Bonchev–Trinajstić information content (AvgIpc) is 2.05. The molecular weight excluding hydrogens is 145 g/mol. The summed E-state index contributed by atoms with van der Waals surface area (Å²) >= 11 is 0. The highest BCUT2D eigenvalue weighted by molar-refractivity contribution is 5.29. The minimum absolute atomic E-state index is 0.0684. The SMILES string of the molecule is N#CC(F)c1ccc(O)cc1. The van der Waals surface area contributed by atoms with Gasteiger partial charge in [-0.25, -0.2) is 4.39 Å². The number of nitrogens with zero attached hydrogens (tertiary/aromatic N) is 1. The smallest absolute Gasteiger partial charge is 0.211 e. The van der Waals surface area contributed by atoms with E-state index in [1.54, 1.807) is 0 Å². The van der Waals surface area contributed by atoms with Gasteiger partial charge in [-0.15, -0.1) is 0 Å². The molecule has 3 heteroatoms. The van der Waals surface area contributed by atoms with Gasteiger partial charge in [-0.05, 0) is 12.1 Å². The Labute approximate surface area is 63.5 Å². The van der Waals surface area contributed by atoms with E-state index < -0.39 is 6.17 Å². The van der Waals surface area contributed by atoms with Gasteiger partial charge in [0.2, 0.25) is 6.17 Å². The van der Waals surface area contributed by atoms with Crippen LogP contribution in [0.4, 0.5) is 4.39 Å². The number of rotatable bonds is 1. The third-order valence-corrected chi connectivity index (χ3v) is 1.30. The summed E-state index contributed by atoms with van der Waals surface area (Å²) in [6.45, 7) is 0. The molecule has 56 valence electrons. The molecule has 1 aromatic carbocycles. The predicted molar refractivity (Wildman–Crippen MR) is 37.6 cm³/mol. The van der Waals surface area contributed by atoms with Crippen LogP contribution >= 0.6 is 0 Å². The number of benzene rings is 1. The Hall–Kier alpha value is -1.56. The van der Waals surface area contributed by atoms with E-state index in [0.717, 1.165) is 0 Å². The number of hydrogen-bond acceptors (Lipinski definition) is 2. The van der Waals surface area contributed by atoms with E-state index in [0.29, 0.717) is 0 Å². The Morgan fingerprint density at radius 2 is 1.91 bits per heavy atom. The van der Waals surface area contributed by atoms with E-state index in [9.17, 15) is 4.39 Å². The van der Waals surface area contributed by atoms with Gasteiger partial charge in [-0.1, -0.05) is 12.1 Å². The topological polar surface area (TPSA) is 44.0 Å². The molecular formula is C8H6FNO. The normalized spacial score (nSPS) is 12.0. The zero-order valence-corrected chi connectivity index (χ0v) is 5.66. The molecule has 11 heavy (non-hydrogen) atoms. The van der Waals surface area contributed by atoms with Crippen LogP contribution in [-0.4, -0.2) is 5.11 Å². The van der Waals surface area contributed by atoms with E-state index >= 15 is 0 Å². The lowest BCUT2D eigenvalue weighted by molar-refractivity contribution is 0.422. The first-order valence-corrected chi connectivity index (χ1v) is 3.06. The summed E-state index contributed by atoms with van der Waals surface area (Å²) in [5.41, 5.74) is 0.269. The fourth-order valence-electron chi connectivity index (χ4n) is 0.718. The molecule has 0 radical (unpaired) electrons. The van der Waals surface area contributed by atoms with Crippen molar-refractivity contribution in [3.63, 3.8) is 0 Å². The average molecular weight is 151 g/mol. The second-order valence-corrected chi connectivity index (χ2v) is 2.08. The number of phenolic OH excluding ortho intramolecular Hbond substituents is 1. The number of phenols is 1. The first-order chi connectivity index (χ1) is 5.24. The van der Waals surface area contributed by atoms with Crippen molar-refractivity contribution in [2.24, 2.45) is 0 Å². The lowest BCUT2D eigenvalue weighted by atomic mass is 10.1. The lowest BCUT2D eigenvalue weighted by Crippen LogP contribution is -1.85. The Morgan fingerprint density at radius 3 is 2.36 bits per heavy atom. The van der Waals surface area contributed by atoms with Crippen molar-refractivity contribution in [3.05, 3.63) is 29.8 Å². The van der Waals surface area contributed by atoms with Gasteiger partial charge >= 0.3 is 0 Å². The van der Waals surface area contributed by atoms with Gasteiger partial charge in [0.25, 0.3) is 0 Å². The van der Waals surface area contributed by atoms with Crippen molar-refractivity contribution >= 4 is 0 Å². The number of hydrogen-bond donors (Lipinski definition) is 1. The Bertz CT molecular complexity index is 275. The summed E-state index contributed by atoms with van der Waals surface area (Å²) in [4.78, 5) is 0. The summed E-state index contributed by atoms with van der Waals surface area (Å²) in [7, 11) is 0. The van der Waals surface area contributed by atoms with Gasteiger partial charge in [-0.2, -0.15) is 5.26 Å². The van der Waals surface area contributed by atoms with Crippen LogP contribution < -0.4 is 0 Å². The predicted octanol–water partition coefficient (Wildman–Crippen LogP) is 1.93. The van der Waals surface area contributed by atoms with Crippen molar-refractivity contribution in [2.45, 2.75) is 6.17 Å². The number of nitriles is 1. The first kappa shape index (κ1) is 7.55. The third-order valence-electron chi connectivity index (χ3n) is 1.30. The van der Waals surface area contributed by atoms with E-state index in [-0.39, 0.29) is 11.3 Å². The monoisotopic (exact) mass is 151 g/mol. The number of aromatic hydroxyl groups is 1. The Morgan fingerprint density at radius 1 is 1.36 bits per heavy atom. The summed E-state index contributed by atoms with van der Waals surface area (Å²) < 4.78 is 12.6. The maximum absolute atomic E-state index is 12.6. The van der Waals surface area contributed by atoms with Crippen LogP contribution in [0.2, 0.25) is 0 Å². The van der Waals surface area contributed by atoms with Gasteiger partial charge in [0.1, 0.15) is 11.8 Å². The molecule has 0 aromatic heterocycles. The molecule has 1 rings (SSSR count). The van der Waals surface area contributed by atoms with Gasteiger partial charge in [-0.3, -0.25) is 0 Å². The quantitative estimate of drug-likeness (QED) is 0.666. The molecule has 0 saturated heterocycles. The van der Waals surface area contributed by atoms with Crippen LogP contribution in [0.1, 0.15) is 11.7 Å². The highest BCUT2D eigenvalue weighted by Crippen LogP contribution is 2.18.